The average molecular weight is 483 g/mol. The molecule has 0 bridgehead atoms. The minimum Gasteiger partial charge on any atom is -0.377 e. The van der Waals surface area contributed by atoms with E-state index in [1.807, 2.05) is 13.8 Å². The molecule has 0 radical (unpaired) electrons. The topological polar surface area (TPSA) is 82.6 Å². The Morgan fingerprint density at radius 1 is 1.24 bits per heavy atom. The first-order valence-electron chi connectivity index (χ1n) is 10.6. The quantitative estimate of drug-likeness (QED) is 0.624. The molecule has 1 fully saturated rings. The summed E-state index contributed by atoms with van der Waals surface area (Å²) in [6, 6.07) is 6.79. The van der Waals surface area contributed by atoms with E-state index in [0.717, 1.165) is 5.56 Å². The van der Waals surface area contributed by atoms with Crippen LogP contribution in [0.5, 0.6) is 0 Å². The van der Waals surface area contributed by atoms with Gasteiger partial charge in [0.1, 0.15) is 5.82 Å². The van der Waals surface area contributed by atoms with E-state index < -0.39 is 5.51 Å². The summed E-state index contributed by atoms with van der Waals surface area (Å²) in [5.41, 5.74) is -1.73. The number of amides is 2. The standard InChI is InChI=1S/C21H25F3N6O2S/c1-3-25-20(31)26-15-6-4-14(5-7-15)18-27-17-11-29(33-21(22,23)24)10-16(17)19(28-18)30-8-9-32-12-13(30)2/h4-7,13H,3,8-12H2,1-2H3,(H2,25,26,31)/t13-/m0/s1. The summed E-state index contributed by atoms with van der Waals surface area (Å²) in [7, 11) is 0. The molecule has 12 heteroatoms. The highest BCUT2D eigenvalue weighted by atomic mass is 32.2. The summed E-state index contributed by atoms with van der Waals surface area (Å²) < 4.78 is 45.8. The Morgan fingerprint density at radius 2 is 2.00 bits per heavy atom. The van der Waals surface area contributed by atoms with E-state index in [2.05, 4.69) is 20.5 Å². The summed E-state index contributed by atoms with van der Waals surface area (Å²) in [5.74, 6) is 1.09. The van der Waals surface area contributed by atoms with Gasteiger partial charge in [0.2, 0.25) is 0 Å². The van der Waals surface area contributed by atoms with Gasteiger partial charge in [0, 0.05) is 48.4 Å². The molecule has 1 saturated heterocycles. The molecule has 1 atom stereocenters. The number of halogens is 3. The lowest BCUT2D eigenvalue weighted by atomic mass is 10.1. The van der Waals surface area contributed by atoms with Crippen molar-refractivity contribution in [3.63, 3.8) is 0 Å². The number of carbonyl (C=O) groups excluding carboxylic acids is 1. The van der Waals surface area contributed by atoms with E-state index in [4.69, 9.17) is 9.72 Å². The number of urea groups is 1. The number of benzene rings is 1. The molecule has 3 heterocycles. The first-order valence-corrected chi connectivity index (χ1v) is 11.4. The molecule has 8 nitrogen and oxygen atoms in total. The van der Waals surface area contributed by atoms with Gasteiger partial charge in [-0.05, 0) is 38.1 Å². The predicted octanol–water partition coefficient (Wildman–Crippen LogP) is 3.99. The lowest BCUT2D eigenvalue weighted by Gasteiger charge is -2.35. The Labute approximate surface area is 194 Å². The molecule has 2 N–H and O–H groups in total. The SMILES string of the molecule is CCNC(=O)Nc1ccc(-c2nc3c(c(N4CCOC[C@@H]4C)n2)CN(SC(F)(F)F)C3)cc1. The summed E-state index contributed by atoms with van der Waals surface area (Å²) in [4.78, 5) is 23.2. The highest BCUT2D eigenvalue weighted by Gasteiger charge is 2.38. The van der Waals surface area contributed by atoms with Gasteiger partial charge < -0.3 is 20.3 Å². The van der Waals surface area contributed by atoms with Gasteiger partial charge in [-0.2, -0.15) is 13.2 Å². The molecule has 178 valence electrons. The van der Waals surface area contributed by atoms with E-state index in [-0.39, 0.29) is 37.1 Å². The van der Waals surface area contributed by atoms with Crippen molar-refractivity contribution in [2.45, 2.75) is 38.5 Å². The van der Waals surface area contributed by atoms with Crippen molar-refractivity contribution in [1.82, 2.24) is 19.6 Å². The third kappa shape index (κ3) is 5.68. The number of aromatic nitrogens is 2. The molecule has 1 aromatic carbocycles. The van der Waals surface area contributed by atoms with Gasteiger partial charge in [-0.1, -0.05) is 0 Å². The third-order valence-electron chi connectivity index (χ3n) is 5.34. The van der Waals surface area contributed by atoms with Crippen molar-refractivity contribution in [3.8, 4) is 11.4 Å². The first-order chi connectivity index (χ1) is 15.7. The summed E-state index contributed by atoms with van der Waals surface area (Å²) in [6.07, 6.45) is 0. The summed E-state index contributed by atoms with van der Waals surface area (Å²) in [6.45, 7) is 6.20. The Morgan fingerprint density at radius 3 is 2.67 bits per heavy atom. The van der Waals surface area contributed by atoms with E-state index in [0.29, 0.717) is 54.9 Å². The Balaban J connectivity index is 1.65. The van der Waals surface area contributed by atoms with E-state index >= 15 is 0 Å². The number of carbonyl (C=O) groups is 1. The lowest BCUT2D eigenvalue weighted by molar-refractivity contribution is -0.0363. The van der Waals surface area contributed by atoms with Gasteiger partial charge >= 0.3 is 11.5 Å². The minimum atomic E-state index is -4.36. The maximum Gasteiger partial charge on any atom is 0.456 e. The van der Waals surface area contributed by atoms with Gasteiger partial charge in [0.25, 0.3) is 0 Å². The second-order valence-corrected chi connectivity index (χ2v) is 8.97. The second-order valence-electron chi connectivity index (χ2n) is 7.81. The number of nitrogens with one attached hydrogen (secondary N) is 2. The maximum atomic E-state index is 13.0. The van der Waals surface area contributed by atoms with Crippen LogP contribution in [0.15, 0.2) is 24.3 Å². The summed E-state index contributed by atoms with van der Waals surface area (Å²) >= 11 is -0.133. The van der Waals surface area contributed by atoms with Crippen molar-refractivity contribution in [3.05, 3.63) is 35.5 Å². The van der Waals surface area contributed by atoms with E-state index in [1.54, 1.807) is 24.3 Å². The van der Waals surface area contributed by atoms with Gasteiger partial charge in [0.15, 0.2) is 5.82 Å². The summed E-state index contributed by atoms with van der Waals surface area (Å²) in [5, 5.41) is 5.39. The Bertz CT molecular complexity index is 1000. The van der Waals surface area contributed by atoms with Crippen LogP contribution in [0.25, 0.3) is 11.4 Å². The number of fused-ring (bicyclic) bond motifs is 1. The van der Waals surface area contributed by atoms with Crippen LogP contribution in [0, 0.1) is 0 Å². The molecule has 0 unspecified atom stereocenters. The van der Waals surface area contributed by atoms with E-state index in [9.17, 15) is 18.0 Å². The molecule has 33 heavy (non-hydrogen) atoms. The molecule has 4 rings (SSSR count). The fraction of sp³-hybridized carbons (Fsp3) is 0.476. The van der Waals surface area contributed by atoms with Crippen LogP contribution >= 0.6 is 11.9 Å². The third-order valence-corrected chi connectivity index (χ3v) is 6.07. The molecular formula is C21H25F3N6O2S. The highest BCUT2D eigenvalue weighted by Crippen LogP contribution is 2.41. The number of alkyl halides is 3. The van der Waals surface area contributed by atoms with Crippen molar-refractivity contribution >= 4 is 29.5 Å². The predicted molar refractivity (Wildman–Crippen MR) is 121 cm³/mol. The monoisotopic (exact) mass is 482 g/mol. The zero-order chi connectivity index (χ0) is 23.6. The zero-order valence-corrected chi connectivity index (χ0v) is 19.1. The molecule has 2 aromatic rings. The van der Waals surface area contributed by atoms with E-state index in [1.165, 1.54) is 4.31 Å². The smallest absolute Gasteiger partial charge is 0.377 e. The highest BCUT2D eigenvalue weighted by molar-refractivity contribution is 7.97. The van der Waals surface area contributed by atoms with Crippen LogP contribution in [0.4, 0.5) is 29.5 Å². The number of hydrogen-bond acceptors (Lipinski definition) is 7. The fourth-order valence-electron chi connectivity index (χ4n) is 3.87. The van der Waals surface area contributed by atoms with Gasteiger partial charge in [-0.15, -0.1) is 0 Å². The number of hydrogen-bond donors (Lipinski definition) is 2. The number of morpholine rings is 1. The Hall–Kier alpha value is -2.57. The number of nitrogens with zero attached hydrogens (tertiary/aromatic N) is 4. The molecule has 0 saturated carbocycles. The van der Waals surface area contributed by atoms with Crippen LogP contribution in [0.1, 0.15) is 25.1 Å². The molecule has 1 aromatic heterocycles. The van der Waals surface area contributed by atoms with Crippen molar-refractivity contribution in [1.29, 1.82) is 0 Å². The van der Waals surface area contributed by atoms with Crippen molar-refractivity contribution in [2.24, 2.45) is 0 Å². The normalized spacial score (nSPS) is 18.8. The van der Waals surface area contributed by atoms with Crippen LogP contribution in [0.3, 0.4) is 0 Å². The number of anilines is 2. The molecule has 2 aliphatic heterocycles. The number of ether oxygens (including phenoxy) is 1. The fourth-order valence-corrected chi connectivity index (χ4v) is 4.54. The first kappa shape index (κ1) is 23.6. The van der Waals surface area contributed by atoms with Crippen molar-refractivity contribution < 1.29 is 22.7 Å². The molecule has 2 aliphatic rings. The lowest BCUT2D eigenvalue weighted by Crippen LogP contribution is -2.44. The minimum absolute atomic E-state index is 0.0403. The Kier molecular flexibility index (Phi) is 6.96. The average Bonchev–Trinajstić information content (AvgIpc) is 3.15. The molecule has 0 aliphatic carbocycles. The zero-order valence-electron chi connectivity index (χ0n) is 18.3. The van der Waals surface area contributed by atoms with Crippen LogP contribution < -0.4 is 15.5 Å². The molecule has 0 spiro atoms. The van der Waals surface area contributed by atoms with Crippen molar-refractivity contribution in [2.75, 3.05) is 36.5 Å². The van der Waals surface area contributed by atoms with Crippen LogP contribution in [-0.4, -0.2) is 58.2 Å². The van der Waals surface area contributed by atoms with Gasteiger partial charge in [0.05, 0.1) is 31.5 Å². The van der Waals surface area contributed by atoms with Crippen LogP contribution in [-0.2, 0) is 17.8 Å². The largest absolute Gasteiger partial charge is 0.456 e. The van der Waals surface area contributed by atoms with Gasteiger partial charge in [-0.25, -0.2) is 19.1 Å². The molecular weight excluding hydrogens is 457 g/mol. The molecule has 2 amide bonds. The van der Waals surface area contributed by atoms with Crippen LogP contribution in [0.2, 0.25) is 0 Å². The maximum absolute atomic E-state index is 13.0. The van der Waals surface area contributed by atoms with Gasteiger partial charge in [-0.3, -0.25) is 0 Å². The second kappa shape index (κ2) is 9.74. The number of rotatable bonds is 5.